The van der Waals surface area contributed by atoms with Crippen molar-refractivity contribution in [1.29, 1.82) is 0 Å². The smallest absolute Gasteiger partial charge is 0.0582 e. The molecule has 104 valence electrons. The number of nitrogens with two attached hydrogens (primary N) is 1. The van der Waals surface area contributed by atoms with Crippen LogP contribution in [0, 0.1) is 5.41 Å². The lowest BCUT2D eigenvalue weighted by molar-refractivity contribution is 0.427. The van der Waals surface area contributed by atoms with E-state index in [9.17, 15) is 0 Å². The Bertz CT molecular complexity index is 465. The van der Waals surface area contributed by atoms with Gasteiger partial charge < -0.3 is 11.1 Å². The van der Waals surface area contributed by atoms with E-state index in [4.69, 9.17) is 5.73 Å². The molecule has 0 aliphatic heterocycles. The quantitative estimate of drug-likeness (QED) is 0.769. The Morgan fingerprint density at radius 1 is 1.37 bits per heavy atom. The minimum absolute atomic E-state index is 0.264. The van der Waals surface area contributed by atoms with Crippen LogP contribution in [0.5, 0.6) is 0 Å². The molecule has 1 aromatic rings. The average Bonchev–Trinajstić information content (AvgIpc) is 2.23. The Balaban J connectivity index is 2.13. The van der Waals surface area contributed by atoms with E-state index in [1.807, 2.05) is 6.07 Å². The fourth-order valence-corrected chi connectivity index (χ4v) is 2.42. The zero-order chi connectivity index (χ0) is 14.0. The fourth-order valence-electron chi connectivity index (χ4n) is 2.42. The largest absolute Gasteiger partial charge is 0.397 e. The van der Waals surface area contributed by atoms with Crippen LogP contribution < -0.4 is 11.1 Å². The topological polar surface area (TPSA) is 38.0 Å². The standard InChI is InChI=1S/C17H26N2/c1-12(11-17(2,3)4)13-8-9-15(18)16(10-13)19-14-6-5-7-14/h8-10,14,19H,1,5-7,11,18H2,2-4H3. The first kappa shape index (κ1) is 14.0. The highest BCUT2D eigenvalue weighted by Gasteiger charge is 2.18. The van der Waals surface area contributed by atoms with E-state index in [0.717, 1.165) is 17.8 Å². The van der Waals surface area contributed by atoms with Gasteiger partial charge in [0.15, 0.2) is 0 Å². The molecule has 1 saturated carbocycles. The molecule has 0 spiro atoms. The molecule has 0 amide bonds. The summed E-state index contributed by atoms with van der Waals surface area (Å²) in [7, 11) is 0. The maximum atomic E-state index is 6.05. The molecule has 0 unspecified atom stereocenters. The number of hydrogen-bond donors (Lipinski definition) is 2. The van der Waals surface area contributed by atoms with E-state index in [1.165, 1.54) is 30.4 Å². The maximum absolute atomic E-state index is 6.05. The molecule has 19 heavy (non-hydrogen) atoms. The summed E-state index contributed by atoms with van der Waals surface area (Å²) < 4.78 is 0. The molecule has 0 radical (unpaired) electrons. The van der Waals surface area contributed by atoms with Crippen LogP contribution in [0.4, 0.5) is 11.4 Å². The van der Waals surface area contributed by atoms with Crippen molar-refractivity contribution in [2.24, 2.45) is 5.41 Å². The third kappa shape index (κ3) is 3.76. The first-order valence-electron chi connectivity index (χ1n) is 7.19. The molecule has 0 bridgehead atoms. The number of nitrogen functional groups attached to an aromatic ring is 1. The van der Waals surface area contributed by atoms with Crippen LogP contribution in [0.1, 0.15) is 52.0 Å². The summed E-state index contributed by atoms with van der Waals surface area (Å²) in [6.07, 6.45) is 4.84. The van der Waals surface area contributed by atoms with Gasteiger partial charge in [-0.2, -0.15) is 0 Å². The van der Waals surface area contributed by atoms with Crippen molar-refractivity contribution in [3.8, 4) is 0 Å². The highest BCUT2D eigenvalue weighted by atomic mass is 14.9. The Labute approximate surface area is 117 Å². The summed E-state index contributed by atoms with van der Waals surface area (Å²) in [5.74, 6) is 0. The second kappa shape index (κ2) is 5.28. The zero-order valence-corrected chi connectivity index (χ0v) is 12.4. The normalized spacial score (nSPS) is 15.9. The summed E-state index contributed by atoms with van der Waals surface area (Å²) in [4.78, 5) is 0. The van der Waals surface area contributed by atoms with E-state index in [1.54, 1.807) is 0 Å². The lowest BCUT2D eigenvalue weighted by atomic mass is 9.86. The van der Waals surface area contributed by atoms with Crippen LogP contribution in [0.15, 0.2) is 24.8 Å². The van der Waals surface area contributed by atoms with Crippen molar-refractivity contribution >= 4 is 16.9 Å². The number of hydrogen-bond acceptors (Lipinski definition) is 2. The average molecular weight is 258 g/mol. The second-order valence-corrected chi connectivity index (χ2v) is 6.92. The summed E-state index contributed by atoms with van der Waals surface area (Å²) in [6.45, 7) is 10.9. The van der Waals surface area contributed by atoms with Crippen molar-refractivity contribution in [1.82, 2.24) is 0 Å². The highest BCUT2D eigenvalue weighted by molar-refractivity contribution is 5.75. The molecule has 2 heteroatoms. The van der Waals surface area contributed by atoms with Gasteiger partial charge in [0.2, 0.25) is 0 Å². The number of nitrogens with one attached hydrogen (secondary N) is 1. The molecular weight excluding hydrogens is 232 g/mol. The lowest BCUT2D eigenvalue weighted by Crippen LogP contribution is -2.27. The number of benzene rings is 1. The molecule has 2 rings (SSSR count). The predicted molar refractivity (Wildman–Crippen MR) is 85.2 cm³/mol. The van der Waals surface area contributed by atoms with Crippen LogP contribution in [0.2, 0.25) is 0 Å². The van der Waals surface area contributed by atoms with E-state index in [-0.39, 0.29) is 5.41 Å². The highest BCUT2D eigenvalue weighted by Crippen LogP contribution is 2.33. The van der Waals surface area contributed by atoms with E-state index in [2.05, 4.69) is 44.8 Å². The molecule has 0 aromatic heterocycles. The maximum Gasteiger partial charge on any atom is 0.0582 e. The van der Waals surface area contributed by atoms with Gasteiger partial charge in [0.25, 0.3) is 0 Å². The summed E-state index contributed by atoms with van der Waals surface area (Å²) >= 11 is 0. The Morgan fingerprint density at radius 2 is 2.05 bits per heavy atom. The van der Waals surface area contributed by atoms with Gasteiger partial charge in [-0.3, -0.25) is 0 Å². The van der Waals surface area contributed by atoms with Crippen molar-refractivity contribution in [3.63, 3.8) is 0 Å². The minimum atomic E-state index is 0.264. The third-order valence-electron chi connectivity index (χ3n) is 3.67. The first-order chi connectivity index (χ1) is 8.85. The first-order valence-corrected chi connectivity index (χ1v) is 7.19. The SMILES string of the molecule is C=C(CC(C)(C)C)c1ccc(N)c(NC2CCC2)c1. The molecule has 0 heterocycles. The number of allylic oxidation sites excluding steroid dienone is 1. The predicted octanol–water partition coefficient (Wildman–Crippen LogP) is 4.68. The summed E-state index contributed by atoms with van der Waals surface area (Å²) in [5.41, 5.74) is 10.6. The van der Waals surface area contributed by atoms with Gasteiger partial charge in [-0.25, -0.2) is 0 Å². The van der Waals surface area contributed by atoms with Gasteiger partial charge in [0.1, 0.15) is 0 Å². The molecule has 1 fully saturated rings. The van der Waals surface area contributed by atoms with E-state index < -0.39 is 0 Å². The molecular formula is C17H26N2. The third-order valence-corrected chi connectivity index (χ3v) is 3.67. The zero-order valence-electron chi connectivity index (χ0n) is 12.4. The molecule has 1 aliphatic carbocycles. The summed E-state index contributed by atoms with van der Waals surface area (Å²) in [6, 6.07) is 6.83. The monoisotopic (exact) mass is 258 g/mol. The van der Waals surface area contributed by atoms with Gasteiger partial charge in [-0.15, -0.1) is 0 Å². The van der Waals surface area contributed by atoms with Gasteiger partial charge in [-0.05, 0) is 54.4 Å². The van der Waals surface area contributed by atoms with Crippen LogP contribution in [0.25, 0.3) is 5.57 Å². The van der Waals surface area contributed by atoms with Crippen LogP contribution in [0.3, 0.4) is 0 Å². The van der Waals surface area contributed by atoms with Crippen LogP contribution >= 0.6 is 0 Å². The molecule has 1 aromatic carbocycles. The van der Waals surface area contributed by atoms with Gasteiger partial charge >= 0.3 is 0 Å². The number of rotatable bonds is 4. The fraction of sp³-hybridized carbons (Fsp3) is 0.529. The van der Waals surface area contributed by atoms with Gasteiger partial charge in [0.05, 0.1) is 11.4 Å². The van der Waals surface area contributed by atoms with Gasteiger partial charge in [-0.1, -0.05) is 33.4 Å². The van der Waals surface area contributed by atoms with Crippen molar-refractivity contribution in [3.05, 3.63) is 30.3 Å². The Hall–Kier alpha value is -1.44. The lowest BCUT2D eigenvalue weighted by Gasteiger charge is -2.28. The van der Waals surface area contributed by atoms with Gasteiger partial charge in [0, 0.05) is 6.04 Å². The Kier molecular flexibility index (Phi) is 3.88. The number of anilines is 2. The minimum Gasteiger partial charge on any atom is -0.397 e. The van der Waals surface area contributed by atoms with Crippen molar-refractivity contribution in [2.75, 3.05) is 11.1 Å². The van der Waals surface area contributed by atoms with E-state index in [0.29, 0.717) is 6.04 Å². The molecule has 0 atom stereocenters. The van der Waals surface area contributed by atoms with E-state index >= 15 is 0 Å². The second-order valence-electron chi connectivity index (χ2n) is 6.92. The molecule has 3 N–H and O–H groups in total. The Morgan fingerprint density at radius 3 is 2.58 bits per heavy atom. The molecule has 0 saturated heterocycles. The molecule has 1 aliphatic rings. The van der Waals surface area contributed by atoms with Crippen molar-refractivity contribution < 1.29 is 0 Å². The van der Waals surface area contributed by atoms with Crippen molar-refractivity contribution in [2.45, 2.75) is 52.5 Å². The van der Waals surface area contributed by atoms with Crippen LogP contribution in [-0.2, 0) is 0 Å². The molecule has 2 nitrogen and oxygen atoms in total. The summed E-state index contributed by atoms with van der Waals surface area (Å²) in [5, 5.41) is 3.54. The van der Waals surface area contributed by atoms with Crippen LogP contribution in [-0.4, -0.2) is 6.04 Å².